The molecule has 0 aliphatic carbocycles. The highest BCUT2D eigenvalue weighted by Crippen LogP contribution is 2.25. The highest BCUT2D eigenvalue weighted by atomic mass is 32.2. The van der Waals surface area contributed by atoms with Crippen molar-refractivity contribution >= 4 is 22.1 Å². The number of hydrogen-bond acceptors (Lipinski definition) is 10. The molecule has 0 N–H and O–H groups in total. The van der Waals surface area contributed by atoms with E-state index in [1.165, 1.54) is 60.7 Å². The minimum Gasteiger partial charge on any atom is -0.490 e. The average molecular weight is 507 g/mol. The molecule has 0 saturated heterocycles. The van der Waals surface area contributed by atoms with Gasteiger partial charge in [-0.05, 0) is 48.5 Å². The third-order valence-electron chi connectivity index (χ3n) is 4.05. The molecule has 2 aromatic carbocycles. The van der Waals surface area contributed by atoms with Gasteiger partial charge < -0.3 is 28.4 Å². The summed E-state index contributed by atoms with van der Waals surface area (Å²) < 4.78 is 55.5. The molecular weight excluding hydrogens is 480 g/mol. The maximum atomic E-state index is 12.9. The van der Waals surface area contributed by atoms with Crippen LogP contribution in [0.2, 0.25) is 0 Å². The summed E-state index contributed by atoms with van der Waals surface area (Å²) in [5.41, 5.74) is 0. The molecular formula is C24H26O10S. The predicted molar refractivity (Wildman–Crippen MR) is 124 cm³/mol. The number of rotatable bonds is 14. The van der Waals surface area contributed by atoms with Gasteiger partial charge in [0.2, 0.25) is 9.84 Å². The summed E-state index contributed by atoms with van der Waals surface area (Å²) in [7, 11) is -3.76. The first-order chi connectivity index (χ1) is 16.9. The summed E-state index contributed by atoms with van der Waals surface area (Å²) in [5.74, 6) is 0.817. The fourth-order valence-corrected chi connectivity index (χ4v) is 3.73. The lowest BCUT2D eigenvalue weighted by atomic mass is 10.3. The van der Waals surface area contributed by atoms with Crippen molar-refractivity contribution in [3.8, 4) is 11.5 Å². The van der Waals surface area contributed by atoms with E-state index in [-0.39, 0.29) is 49.4 Å². The summed E-state index contributed by atoms with van der Waals surface area (Å²) in [5, 5.41) is 0. The molecule has 188 valence electrons. The molecule has 0 radical (unpaired) electrons. The molecule has 0 amide bonds. The lowest BCUT2D eigenvalue weighted by Gasteiger charge is -2.10. The van der Waals surface area contributed by atoms with Gasteiger partial charge in [0.1, 0.15) is 51.1 Å². The van der Waals surface area contributed by atoms with Gasteiger partial charge in [-0.15, -0.1) is 0 Å². The molecule has 0 atom stereocenters. The SMILES string of the molecule is C=CCOC(=O)OCCOc1ccc(S(=O)(=O)c2ccc(OCCOC(=O)OCC=C)cc2)cc1. The van der Waals surface area contributed by atoms with Crippen molar-refractivity contribution in [3.05, 3.63) is 73.8 Å². The van der Waals surface area contributed by atoms with Crippen molar-refractivity contribution in [2.45, 2.75) is 9.79 Å². The molecule has 0 saturated carbocycles. The number of sulfone groups is 1. The summed E-state index contributed by atoms with van der Waals surface area (Å²) in [6.07, 6.45) is 1.17. The fraction of sp³-hybridized carbons (Fsp3) is 0.250. The molecule has 0 heterocycles. The Bertz CT molecular complexity index is 995. The van der Waals surface area contributed by atoms with Crippen molar-refractivity contribution in [3.63, 3.8) is 0 Å². The second-order valence-corrected chi connectivity index (χ2v) is 8.49. The molecule has 0 aliphatic heterocycles. The van der Waals surface area contributed by atoms with Crippen molar-refractivity contribution in [1.82, 2.24) is 0 Å². The van der Waals surface area contributed by atoms with Crippen LogP contribution in [-0.2, 0) is 28.8 Å². The first-order valence-corrected chi connectivity index (χ1v) is 11.9. The van der Waals surface area contributed by atoms with Crippen molar-refractivity contribution in [2.24, 2.45) is 0 Å². The van der Waals surface area contributed by atoms with Gasteiger partial charge in [0.05, 0.1) is 9.79 Å². The number of carbonyl (C=O) groups is 2. The van der Waals surface area contributed by atoms with Crippen LogP contribution in [0.5, 0.6) is 11.5 Å². The zero-order chi connectivity index (χ0) is 25.5. The Kier molecular flexibility index (Phi) is 11.1. The average Bonchev–Trinajstić information content (AvgIpc) is 2.87. The second kappa shape index (κ2) is 14.3. The van der Waals surface area contributed by atoms with Crippen LogP contribution in [0.4, 0.5) is 9.59 Å². The minimum absolute atomic E-state index is 0.0318. The van der Waals surface area contributed by atoms with Crippen LogP contribution in [0.3, 0.4) is 0 Å². The maximum Gasteiger partial charge on any atom is 0.508 e. The van der Waals surface area contributed by atoms with Gasteiger partial charge in [0, 0.05) is 0 Å². The van der Waals surface area contributed by atoms with E-state index in [1.807, 2.05) is 0 Å². The minimum atomic E-state index is -3.76. The molecule has 2 aromatic rings. The van der Waals surface area contributed by atoms with Gasteiger partial charge in [0.15, 0.2) is 0 Å². The lowest BCUT2D eigenvalue weighted by Crippen LogP contribution is -2.13. The van der Waals surface area contributed by atoms with Crippen LogP contribution in [-0.4, -0.2) is 60.4 Å². The van der Waals surface area contributed by atoms with Gasteiger partial charge in [-0.1, -0.05) is 25.3 Å². The van der Waals surface area contributed by atoms with Gasteiger partial charge in [-0.2, -0.15) is 0 Å². The molecule has 0 spiro atoms. The molecule has 0 aliphatic rings. The first kappa shape index (κ1) is 27.3. The zero-order valence-corrected chi connectivity index (χ0v) is 19.7. The Morgan fingerprint density at radius 1 is 0.629 bits per heavy atom. The van der Waals surface area contributed by atoms with Crippen LogP contribution in [0.15, 0.2) is 83.6 Å². The van der Waals surface area contributed by atoms with Gasteiger partial charge >= 0.3 is 12.3 Å². The van der Waals surface area contributed by atoms with E-state index in [0.717, 1.165) is 0 Å². The van der Waals surface area contributed by atoms with Gasteiger partial charge in [-0.25, -0.2) is 18.0 Å². The van der Waals surface area contributed by atoms with E-state index in [4.69, 9.17) is 18.9 Å². The number of ether oxygens (including phenoxy) is 6. The molecule has 11 heteroatoms. The van der Waals surface area contributed by atoms with Crippen LogP contribution >= 0.6 is 0 Å². The highest BCUT2D eigenvalue weighted by molar-refractivity contribution is 7.91. The summed E-state index contributed by atoms with van der Waals surface area (Å²) >= 11 is 0. The number of benzene rings is 2. The zero-order valence-electron chi connectivity index (χ0n) is 18.9. The second-order valence-electron chi connectivity index (χ2n) is 6.54. The first-order valence-electron chi connectivity index (χ1n) is 10.4. The molecule has 35 heavy (non-hydrogen) atoms. The van der Waals surface area contributed by atoms with E-state index < -0.39 is 22.1 Å². The molecule has 2 rings (SSSR count). The Morgan fingerprint density at radius 3 is 1.34 bits per heavy atom. The van der Waals surface area contributed by atoms with Crippen molar-refractivity contribution < 1.29 is 46.4 Å². The standard InChI is InChI=1S/C24H26O10S/c1-3-13-31-23(25)33-17-15-29-19-5-9-21(10-6-19)35(27,28)22-11-7-20(8-12-22)30-16-18-34-24(26)32-14-4-2/h3-12H,1-2,13-18H2. The molecule has 0 aromatic heterocycles. The third-order valence-corrected chi connectivity index (χ3v) is 5.84. The van der Waals surface area contributed by atoms with Crippen LogP contribution in [0.1, 0.15) is 0 Å². The summed E-state index contributed by atoms with van der Waals surface area (Å²) in [6.45, 7) is 7.01. The molecule has 0 fully saturated rings. The third kappa shape index (κ3) is 9.41. The Balaban J connectivity index is 1.82. The van der Waals surface area contributed by atoms with Crippen molar-refractivity contribution in [2.75, 3.05) is 39.6 Å². The van der Waals surface area contributed by atoms with Crippen LogP contribution in [0.25, 0.3) is 0 Å². The van der Waals surface area contributed by atoms with E-state index in [0.29, 0.717) is 11.5 Å². The summed E-state index contributed by atoms with van der Waals surface area (Å²) in [6, 6.07) is 11.7. The smallest absolute Gasteiger partial charge is 0.490 e. The largest absolute Gasteiger partial charge is 0.508 e. The molecule has 0 bridgehead atoms. The molecule has 0 unspecified atom stereocenters. The van der Waals surface area contributed by atoms with Crippen LogP contribution < -0.4 is 9.47 Å². The maximum absolute atomic E-state index is 12.9. The van der Waals surface area contributed by atoms with E-state index in [1.54, 1.807) is 0 Å². The van der Waals surface area contributed by atoms with Crippen LogP contribution in [0, 0.1) is 0 Å². The van der Waals surface area contributed by atoms with Gasteiger partial charge in [-0.3, -0.25) is 0 Å². The van der Waals surface area contributed by atoms with Crippen molar-refractivity contribution in [1.29, 1.82) is 0 Å². The quantitative estimate of drug-likeness (QED) is 0.211. The van der Waals surface area contributed by atoms with E-state index in [9.17, 15) is 18.0 Å². The Morgan fingerprint density at radius 2 is 1.00 bits per heavy atom. The van der Waals surface area contributed by atoms with E-state index >= 15 is 0 Å². The fourth-order valence-electron chi connectivity index (χ4n) is 2.47. The Labute approximate surface area is 203 Å². The number of hydrogen-bond donors (Lipinski definition) is 0. The molecule has 10 nitrogen and oxygen atoms in total. The highest BCUT2D eigenvalue weighted by Gasteiger charge is 2.18. The Hall–Kier alpha value is -3.99. The van der Waals surface area contributed by atoms with E-state index in [2.05, 4.69) is 22.6 Å². The number of carbonyl (C=O) groups excluding carboxylic acids is 2. The predicted octanol–water partition coefficient (Wildman–Crippen LogP) is 3.96. The monoisotopic (exact) mass is 506 g/mol. The van der Waals surface area contributed by atoms with Gasteiger partial charge in [0.25, 0.3) is 0 Å². The normalized spacial score (nSPS) is 10.5. The summed E-state index contributed by atoms with van der Waals surface area (Å²) in [4.78, 5) is 22.6. The topological polar surface area (TPSA) is 124 Å². The lowest BCUT2D eigenvalue weighted by molar-refractivity contribution is 0.0525.